The zero-order valence-electron chi connectivity index (χ0n) is 12.3. The largest absolute Gasteiger partial charge is 0.494 e. The number of benzene rings is 1. The fraction of sp³-hybridized carbons (Fsp3) is 0.562. The van der Waals surface area contributed by atoms with Crippen LogP contribution in [-0.4, -0.2) is 18.5 Å². The number of hydrogen-bond donors (Lipinski definition) is 2. The maximum Gasteiger partial charge on any atom is 0.142 e. The summed E-state index contributed by atoms with van der Waals surface area (Å²) in [6, 6.07) is 8.36. The van der Waals surface area contributed by atoms with Crippen LogP contribution in [-0.2, 0) is 0 Å². The second kappa shape index (κ2) is 7.90. The van der Waals surface area contributed by atoms with Gasteiger partial charge in [-0.15, -0.1) is 0 Å². The summed E-state index contributed by atoms with van der Waals surface area (Å²) in [5.41, 5.74) is 3.74. The van der Waals surface area contributed by atoms with Crippen LogP contribution in [0.4, 0.5) is 0 Å². The van der Waals surface area contributed by atoms with E-state index in [2.05, 4.69) is 12.3 Å². The van der Waals surface area contributed by atoms with Gasteiger partial charge in [0.15, 0.2) is 0 Å². The number of nitrogens with one attached hydrogen (secondary N) is 1. The van der Waals surface area contributed by atoms with Gasteiger partial charge in [-0.1, -0.05) is 38.3 Å². The average molecular weight is 275 g/mol. The Morgan fingerprint density at radius 2 is 2.15 bits per heavy atom. The van der Waals surface area contributed by atoms with Crippen LogP contribution in [0.2, 0.25) is 0 Å². The van der Waals surface area contributed by atoms with Crippen molar-refractivity contribution >= 4 is 5.84 Å². The highest BCUT2D eigenvalue weighted by atomic mass is 16.5. The van der Waals surface area contributed by atoms with Gasteiger partial charge in [0, 0.05) is 5.56 Å². The van der Waals surface area contributed by atoms with Crippen LogP contribution >= 0.6 is 0 Å². The van der Waals surface area contributed by atoms with Crippen molar-refractivity contribution in [2.75, 3.05) is 6.61 Å². The highest BCUT2D eigenvalue weighted by Gasteiger charge is 2.14. The van der Waals surface area contributed by atoms with Gasteiger partial charge >= 0.3 is 0 Å². The minimum Gasteiger partial charge on any atom is -0.494 e. The van der Waals surface area contributed by atoms with Gasteiger partial charge in [0.05, 0.1) is 12.6 Å². The molecule has 4 nitrogen and oxygen atoms in total. The molecule has 0 bridgehead atoms. The second-order valence-corrected chi connectivity index (χ2v) is 5.29. The van der Waals surface area contributed by atoms with Crippen LogP contribution in [0.25, 0.3) is 0 Å². The van der Waals surface area contributed by atoms with Crippen LogP contribution in [0.1, 0.15) is 51.0 Å². The second-order valence-electron chi connectivity index (χ2n) is 5.29. The summed E-state index contributed by atoms with van der Waals surface area (Å²) < 4.78 is 5.66. The van der Waals surface area contributed by atoms with Gasteiger partial charge in [-0.25, -0.2) is 5.84 Å². The molecule has 110 valence electrons. The molecule has 1 saturated carbocycles. The Morgan fingerprint density at radius 1 is 1.35 bits per heavy atom. The van der Waals surface area contributed by atoms with Crippen molar-refractivity contribution in [1.29, 1.82) is 0 Å². The summed E-state index contributed by atoms with van der Waals surface area (Å²) in [7, 11) is 0. The lowest BCUT2D eigenvalue weighted by Gasteiger charge is -2.19. The quantitative estimate of drug-likeness (QED) is 0.376. The monoisotopic (exact) mass is 275 g/mol. The van der Waals surface area contributed by atoms with Crippen LogP contribution in [0.15, 0.2) is 29.3 Å². The van der Waals surface area contributed by atoms with Crippen molar-refractivity contribution in [3.8, 4) is 5.75 Å². The third kappa shape index (κ3) is 4.23. The summed E-state index contributed by atoms with van der Waals surface area (Å²) in [5, 5.41) is 0. The molecule has 0 spiro atoms. The average Bonchev–Trinajstić information content (AvgIpc) is 2.52. The molecule has 0 unspecified atom stereocenters. The third-order valence-electron chi connectivity index (χ3n) is 3.60. The SMILES string of the molecule is CCCOc1cccc(C(=NC2CCCCC2)NN)c1. The fourth-order valence-electron chi connectivity index (χ4n) is 2.54. The first-order valence-corrected chi connectivity index (χ1v) is 7.61. The number of hydrazine groups is 1. The highest BCUT2D eigenvalue weighted by Crippen LogP contribution is 2.21. The highest BCUT2D eigenvalue weighted by molar-refractivity contribution is 5.98. The molecule has 4 heteroatoms. The molecule has 0 heterocycles. The first-order chi connectivity index (χ1) is 9.83. The van der Waals surface area contributed by atoms with Gasteiger partial charge in [0.1, 0.15) is 11.6 Å². The Morgan fingerprint density at radius 3 is 2.85 bits per heavy atom. The molecular formula is C16H25N3O. The molecule has 0 saturated heterocycles. The molecule has 1 aliphatic carbocycles. The number of amidine groups is 1. The molecule has 0 amide bonds. The van der Waals surface area contributed by atoms with E-state index >= 15 is 0 Å². The van der Waals surface area contributed by atoms with Gasteiger partial charge in [0.2, 0.25) is 0 Å². The zero-order chi connectivity index (χ0) is 14.2. The van der Waals surface area contributed by atoms with E-state index in [4.69, 9.17) is 15.6 Å². The molecule has 1 fully saturated rings. The Labute approximate surface area is 121 Å². The summed E-state index contributed by atoms with van der Waals surface area (Å²) in [4.78, 5) is 4.77. The lowest BCUT2D eigenvalue weighted by atomic mass is 9.96. The topological polar surface area (TPSA) is 59.6 Å². The van der Waals surface area contributed by atoms with Gasteiger partial charge in [-0.2, -0.15) is 0 Å². The number of ether oxygens (including phenoxy) is 1. The lowest BCUT2D eigenvalue weighted by molar-refractivity contribution is 0.317. The molecule has 1 aromatic rings. The normalized spacial score (nSPS) is 17.0. The summed E-state index contributed by atoms with van der Waals surface area (Å²) in [6.07, 6.45) is 7.20. The van der Waals surface area contributed by atoms with Crippen LogP contribution in [0, 0.1) is 0 Å². The summed E-state index contributed by atoms with van der Waals surface area (Å²) in [5.74, 6) is 7.28. The molecule has 0 atom stereocenters. The van der Waals surface area contributed by atoms with Crippen LogP contribution < -0.4 is 16.0 Å². The molecule has 2 rings (SSSR count). The standard InChI is InChI=1S/C16H25N3O/c1-2-11-20-15-10-6-7-13(12-15)16(19-17)18-14-8-4-3-5-9-14/h6-7,10,12,14H,2-5,8-9,11,17H2,1H3,(H,18,19). The molecule has 0 aliphatic heterocycles. The van der Waals surface area contributed by atoms with Crippen LogP contribution in [0.5, 0.6) is 5.75 Å². The van der Waals surface area contributed by atoms with E-state index < -0.39 is 0 Å². The molecule has 1 aliphatic rings. The fourth-order valence-corrected chi connectivity index (χ4v) is 2.54. The summed E-state index contributed by atoms with van der Waals surface area (Å²) in [6.45, 7) is 2.83. The molecular weight excluding hydrogens is 250 g/mol. The number of aliphatic imine (C=N–C) groups is 1. The smallest absolute Gasteiger partial charge is 0.142 e. The van der Waals surface area contributed by atoms with Gasteiger partial charge in [-0.05, 0) is 31.4 Å². The number of hydrogen-bond acceptors (Lipinski definition) is 3. The maximum atomic E-state index is 5.66. The Balaban J connectivity index is 2.11. The minimum absolute atomic E-state index is 0.398. The predicted octanol–water partition coefficient (Wildman–Crippen LogP) is 3.02. The molecule has 3 N–H and O–H groups in total. The van der Waals surface area contributed by atoms with Crippen molar-refractivity contribution < 1.29 is 4.74 Å². The lowest BCUT2D eigenvalue weighted by Crippen LogP contribution is -2.32. The van der Waals surface area contributed by atoms with E-state index in [1.165, 1.54) is 19.3 Å². The number of nitrogens with zero attached hydrogens (tertiary/aromatic N) is 1. The van der Waals surface area contributed by atoms with E-state index in [-0.39, 0.29) is 0 Å². The van der Waals surface area contributed by atoms with Gasteiger partial charge < -0.3 is 10.2 Å². The summed E-state index contributed by atoms with van der Waals surface area (Å²) >= 11 is 0. The first kappa shape index (κ1) is 14.9. The Hall–Kier alpha value is -1.55. The van der Waals surface area contributed by atoms with Gasteiger partial charge in [-0.3, -0.25) is 4.99 Å². The van der Waals surface area contributed by atoms with Crippen molar-refractivity contribution in [3.63, 3.8) is 0 Å². The zero-order valence-corrected chi connectivity index (χ0v) is 12.3. The minimum atomic E-state index is 0.398. The van der Waals surface area contributed by atoms with Gasteiger partial charge in [0.25, 0.3) is 0 Å². The van der Waals surface area contributed by atoms with Crippen molar-refractivity contribution in [3.05, 3.63) is 29.8 Å². The third-order valence-corrected chi connectivity index (χ3v) is 3.60. The van der Waals surface area contributed by atoms with E-state index in [9.17, 15) is 0 Å². The molecule has 0 radical (unpaired) electrons. The van der Waals surface area contributed by atoms with E-state index in [0.29, 0.717) is 6.04 Å². The van der Waals surface area contributed by atoms with E-state index in [0.717, 1.165) is 43.0 Å². The van der Waals surface area contributed by atoms with Crippen LogP contribution in [0.3, 0.4) is 0 Å². The predicted molar refractivity (Wildman–Crippen MR) is 83.0 cm³/mol. The molecule has 0 aromatic heterocycles. The van der Waals surface area contributed by atoms with E-state index in [1.807, 2.05) is 24.3 Å². The van der Waals surface area contributed by atoms with Crippen molar-refractivity contribution in [2.45, 2.75) is 51.5 Å². The molecule has 20 heavy (non-hydrogen) atoms. The Kier molecular flexibility index (Phi) is 5.87. The van der Waals surface area contributed by atoms with Crippen molar-refractivity contribution in [2.24, 2.45) is 10.8 Å². The molecule has 1 aromatic carbocycles. The number of rotatable bonds is 5. The first-order valence-electron chi connectivity index (χ1n) is 7.61. The van der Waals surface area contributed by atoms with Crippen molar-refractivity contribution in [1.82, 2.24) is 5.43 Å². The maximum absolute atomic E-state index is 5.66. The van der Waals surface area contributed by atoms with E-state index in [1.54, 1.807) is 0 Å². The Bertz CT molecular complexity index is 439. The number of nitrogens with two attached hydrogens (primary N) is 1.